The minimum atomic E-state index is -0.893. The molecule has 0 aliphatic rings. The van der Waals surface area contributed by atoms with Crippen molar-refractivity contribution >= 4 is 23.3 Å². The lowest BCUT2D eigenvalue weighted by Gasteiger charge is -2.23. The fourth-order valence-electron chi connectivity index (χ4n) is 3.61. The number of para-hydroxylation sites is 1. The number of anilines is 2. The van der Waals surface area contributed by atoms with Crippen LogP contribution in [0, 0.1) is 17.5 Å². The Morgan fingerprint density at radius 2 is 1.42 bits per heavy atom. The Labute approximate surface area is 217 Å². The SMILES string of the molecule is O=C(NCCCN(C(=O)c1ccc(F)cc1)c1ccc(Oc2ccccc2)cc1)Nc1ccc(F)cc1F. The van der Waals surface area contributed by atoms with Crippen molar-refractivity contribution in [2.75, 3.05) is 23.3 Å². The highest BCUT2D eigenvalue weighted by atomic mass is 19.1. The summed E-state index contributed by atoms with van der Waals surface area (Å²) in [7, 11) is 0. The number of rotatable bonds is 9. The van der Waals surface area contributed by atoms with Gasteiger partial charge in [-0.15, -0.1) is 0 Å². The Morgan fingerprint density at radius 3 is 2.11 bits per heavy atom. The third-order valence-corrected chi connectivity index (χ3v) is 5.49. The second-order valence-corrected chi connectivity index (χ2v) is 8.23. The van der Waals surface area contributed by atoms with Gasteiger partial charge in [-0.1, -0.05) is 18.2 Å². The molecule has 0 aliphatic heterocycles. The largest absolute Gasteiger partial charge is 0.457 e. The average molecular weight is 520 g/mol. The Kier molecular flexibility index (Phi) is 8.61. The van der Waals surface area contributed by atoms with Crippen molar-refractivity contribution in [2.45, 2.75) is 6.42 Å². The van der Waals surface area contributed by atoms with Crippen LogP contribution in [0.4, 0.5) is 29.3 Å². The highest BCUT2D eigenvalue weighted by Crippen LogP contribution is 2.25. The number of hydrogen-bond acceptors (Lipinski definition) is 3. The second-order valence-electron chi connectivity index (χ2n) is 8.23. The number of benzene rings is 4. The first kappa shape index (κ1) is 26.3. The molecule has 4 aromatic carbocycles. The van der Waals surface area contributed by atoms with Crippen molar-refractivity contribution in [3.8, 4) is 11.5 Å². The lowest BCUT2D eigenvalue weighted by Crippen LogP contribution is -2.35. The van der Waals surface area contributed by atoms with Crippen LogP contribution in [-0.2, 0) is 0 Å². The Morgan fingerprint density at radius 1 is 0.763 bits per heavy atom. The maximum absolute atomic E-state index is 13.8. The molecule has 4 aromatic rings. The summed E-state index contributed by atoms with van der Waals surface area (Å²) in [6, 6.07) is 23.6. The van der Waals surface area contributed by atoms with Crippen molar-refractivity contribution in [1.29, 1.82) is 0 Å². The molecule has 0 saturated heterocycles. The molecular formula is C29H24F3N3O3. The number of hydrogen-bond donors (Lipinski definition) is 2. The van der Waals surface area contributed by atoms with Gasteiger partial charge in [-0.2, -0.15) is 0 Å². The fourth-order valence-corrected chi connectivity index (χ4v) is 3.61. The quantitative estimate of drug-likeness (QED) is 0.240. The predicted octanol–water partition coefficient (Wildman–Crippen LogP) is 6.75. The summed E-state index contributed by atoms with van der Waals surface area (Å²) in [5.41, 5.74) is 0.723. The number of carbonyl (C=O) groups excluding carboxylic acids is 2. The van der Waals surface area contributed by atoms with Gasteiger partial charge >= 0.3 is 6.03 Å². The summed E-state index contributed by atoms with van der Waals surface area (Å²) < 4.78 is 46.0. The summed E-state index contributed by atoms with van der Waals surface area (Å²) >= 11 is 0. The highest BCUT2D eigenvalue weighted by Gasteiger charge is 2.18. The molecule has 0 fully saturated rings. The Bertz CT molecular complexity index is 1380. The summed E-state index contributed by atoms with van der Waals surface area (Å²) in [5.74, 6) is -1.19. The summed E-state index contributed by atoms with van der Waals surface area (Å²) in [4.78, 5) is 26.9. The molecule has 0 spiro atoms. The van der Waals surface area contributed by atoms with Crippen molar-refractivity contribution < 1.29 is 27.5 Å². The predicted molar refractivity (Wildman–Crippen MR) is 139 cm³/mol. The summed E-state index contributed by atoms with van der Waals surface area (Å²) in [6.45, 7) is 0.386. The van der Waals surface area contributed by atoms with Crippen LogP contribution in [0.2, 0.25) is 0 Å². The third kappa shape index (κ3) is 7.13. The van der Waals surface area contributed by atoms with Crippen molar-refractivity contribution in [3.63, 3.8) is 0 Å². The Balaban J connectivity index is 1.41. The molecule has 2 N–H and O–H groups in total. The molecule has 0 atom stereocenters. The molecule has 194 valence electrons. The molecule has 0 unspecified atom stereocenters. The fraction of sp³-hybridized carbons (Fsp3) is 0.103. The van der Waals surface area contributed by atoms with E-state index < -0.39 is 23.5 Å². The standard InChI is InChI=1S/C29H24F3N3O3/c30-21-9-7-20(8-10-21)28(36)35(23-12-14-25(15-13-23)38-24-5-2-1-3-6-24)18-4-17-33-29(37)34-27-16-11-22(31)19-26(27)32/h1-3,5-16,19H,4,17-18H2,(H2,33,34,37). The van der Waals surface area contributed by atoms with Crippen LogP contribution in [-0.4, -0.2) is 25.0 Å². The van der Waals surface area contributed by atoms with Gasteiger partial charge in [0, 0.05) is 30.4 Å². The van der Waals surface area contributed by atoms with Gasteiger partial charge in [0.1, 0.15) is 29.0 Å². The number of carbonyl (C=O) groups is 2. The zero-order valence-electron chi connectivity index (χ0n) is 20.2. The smallest absolute Gasteiger partial charge is 0.319 e. The number of ether oxygens (including phenoxy) is 1. The molecule has 0 bridgehead atoms. The van der Waals surface area contributed by atoms with Gasteiger partial charge in [-0.3, -0.25) is 4.79 Å². The van der Waals surface area contributed by atoms with Gasteiger partial charge in [0.05, 0.1) is 5.69 Å². The van der Waals surface area contributed by atoms with E-state index in [1.165, 1.54) is 29.2 Å². The van der Waals surface area contributed by atoms with E-state index in [9.17, 15) is 22.8 Å². The van der Waals surface area contributed by atoms with E-state index in [4.69, 9.17) is 4.74 Å². The van der Waals surface area contributed by atoms with Gasteiger partial charge in [-0.25, -0.2) is 18.0 Å². The third-order valence-electron chi connectivity index (χ3n) is 5.49. The molecule has 38 heavy (non-hydrogen) atoms. The van der Waals surface area contributed by atoms with E-state index in [1.54, 1.807) is 24.3 Å². The molecule has 0 heterocycles. The van der Waals surface area contributed by atoms with Crippen LogP contribution in [0.15, 0.2) is 97.1 Å². The number of nitrogens with one attached hydrogen (secondary N) is 2. The zero-order valence-corrected chi connectivity index (χ0v) is 20.2. The molecular weight excluding hydrogens is 495 g/mol. The van der Waals surface area contributed by atoms with E-state index in [2.05, 4.69) is 10.6 Å². The maximum Gasteiger partial charge on any atom is 0.319 e. The molecule has 3 amide bonds. The van der Waals surface area contributed by atoms with Crippen molar-refractivity contribution in [2.24, 2.45) is 0 Å². The molecule has 4 rings (SSSR count). The van der Waals surface area contributed by atoms with Crippen LogP contribution in [0.5, 0.6) is 11.5 Å². The minimum Gasteiger partial charge on any atom is -0.457 e. The number of nitrogens with zero attached hydrogens (tertiary/aromatic N) is 1. The van der Waals surface area contributed by atoms with Gasteiger partial charge in [-0.05, 0) is 79.2 Å². The minimum absolute atomic E-state index is 0.158. The molecule has 0 saturated carbocycles. The topological polar surface area (TPSA) is 70.7 Å². The summed E-state index contributed by atoms with van der Waals surface area (Å²) in [5, 5.41) is 4.90. The van der Waals surface area contributed by atoms with Crippen molar-refractivity contribution in [1.82, 2.24) is 5.32 Å². The van der Waals surface area contributed by atoms with E-state index in [0.29, 0.717) is 35.2 Å². The second kappa shape index (κ2) is 12.4. The van der Waals surface area contributed by atoms with Crippen LogP contribution in [0.1, 0.15) is 16.8 Å². The van der Waals surface area contributed by atoms with Gasteiger partial charge in [0.15, 0.2) is 0 Å². The maximum atomic E-state index is 13.8. The number of amides is 3. The van der Waals surface area contributed by atoms with E-state index in [0.717, 1.165) is 12.1 Å². The van der Waals surface area contributed by atoms with Crippen molar-refractivity contribution in [3.05, 3.63) is 120 Å². The number of urea groups is 1. The van der Waals surface area contributed by atoms with Gasteiger partial charge < -0.3 is 20.3 Å². The first-order valence-corrected chi connectivity index (χ1v) is 11.8. The lowest BCUT2D eigenvalue weighted by atomic mass is 10.1. The first-order valence-electron chi connectivity index (χ1n) is 11.8. The molecule has 9 heteroatoms. The highest BCUT2D eigenvalue weighted by molar-refractivity contribution is 6.06. The monoisotopic (exact) mass is 519 g/mol. The van der Waals surface area contributed by atoms with Crippen LogP contribution in [0.25, 0.3) is 0 Å². The van der Waals surface area contributed by atoms with Crippen LogP contribution >= 0.6 is 0 Å². The number of halogens is 3. The van der Waals surface area contributed by atoms with E-state index in [-0.39, 0.29) is 24.7 Å². The van der Waals surface area contributed by atoms with E-state index >= 15 is 0 Å². The first-order chi connectivity index (χ1) is 18.4. The lowest BCUT2D eigenvalue weighted by molar-refractivity contribution is 0.0986. The van der Waals surface area contributed by atoms with Gasteiger partial charge in [0.2, 0.25) is 0 Å². The molecule has 0 aromatic heterocycles. The van der Waals surface area contributed by atoms with Crippen LogP contribution < -0.4 is 20.3 Å². The zero-order chi connectivity index (χ0) is 26.9. The molecule has 0 radical (unpaired) electrons. The summed E-state index contributed by atoms with van der Waals surface area (Å²) in [6.07, 6.45) is 0.356. The van der Waals surface area contributed by atoms with E-state index in [1.807, 2.05) is 30.3 Å². The van der Waals surface area contributed by atoms with Crippen LogP contribution in [0.3, 0.4) is 0 Å². The average Bonchev–Trinajstić information content (AvgIpc) is 2.92. The molecule has 6 nitrogen and oxygen atoms in total. The Hall–Kier alpha value is -4.79. The van der Waals surface area contributed by atoms with Gasteiger partial charge in [0.25, 0.3) is 5.91 Å². The molecule has 0 aliphatic carbocycles. The normalized spacial score (nSPS) is 10.5.